The molecular weight excluding hydrogens is 367 g/mol. The molecule has 0 fully saturated rings. The van der Waals surface area contributed by atoms with Crippen LogP contribution in [0.1, 0.15) is 0 Å². The molecule has 0 N–H and O–H groups in total. The number of ether oxygens (including phenoxy) is 2. The smallest absolute Gasteiger partial charge is 0.231 e. The van der Waals surface area contributed by atoms with E-state index in [1.165, 1.54) is 12.1 Å². The minimum Gasteiger partial charge on any atom is -0.455 e. The molecule has 27 heavy (non-hydrogen) atoms. The molecule has 1 aromatic heterocycles. The highest BCUT2D eigenvalue weighted by Gasteiger charge is 2.25. The molecule has 0 aliphatic carbocycles. The first-order valence-electron chi connectivity index (χ1n) is 8.29. The van der Waals surface area contributed by atoms with Gasteiger partial charge in [0.1, 0.15) is 11.4 Å². The van der Waals surface area contributed by atoms with E-state index in [2.05, 4.69) is 0 Å². The molecule has 0 amide bonds. The standard InChI is InChI=1S/C21H13FO4S/c22-14-8-6-13(7-9-14)20-21(27(23)15-4-2-1-3-5-15)16-10-18-19(25-12-24-18)11-17(16)26-20/h1-11H,12H2/t27-/m1/s1. The molecule has 0 spiro atoms. The quantitative estimate of drug-likeness (QED) is 0.494. The average Bonchev–Trinajstić information content (AvgIpc) is 3.30. The molecule has 1 aliphatic rings. The largest absolute Gasteiger partial charge is 0.455 e. The van der Waals surface area contributed by atoms with Crippen molar-refractivity contribution < 1.29 is 22.5 Å². The Kier molecular flexibility index (Phi) is 3.72. The van der Waals surface area contributed by atoms with Gasteiger partial charge in [-0.3, -0.25) is 0 Å². The summed E-state index contributed by atoms with van der Waals surface area (Å²) in [5, 5.41) is 0.681. The number of hydrogen-bond donors (Lipinski definition) is 0. The minimum atomic E-state index is -1.49. The molecule has 4 aromatic rings. The van der Waals surface area contributed by atoms with E-state index >= 15 is 0 Å². The molecule has 0 saturated heterocycles. The molecule has 134 valence electrons. The summed E-state index contributed by atoms with van der Waals surface area (Å²) in [5.41, 5.74) is 1.19. The SMILES string of the molecule is O=[S@](c1ccccc1)c1c(-c2ccc(F)cc2)oc2cc3c(cc12)OCO3. The Labute approximate surface area is 156 Å². The second-order valence-electron chi connectivity index (χ2n) is 6.05. The van der Waals surface area contributed by atoms with Crippen molar-refractivity contribution in [2.45, 2.75) is 9.79 Å². The van der Waals surface area contributed by atoms with Crippen molar-refractivity contribution in [2.24, 2.45) is 0 Å². The maximum Gasteiger partial charge on any atom is 0.231 e. The highest BCUT2D eigenvalue weighted by atomic mass is 32.2. The Morgan fingerprint density at radius 1 is 0.889 bits per heavy atom. The molecule has 2 heterocycles. The van der Waals surface area contributed by atoms with E-state index in [9.17, 15) is 8.60 Å². The van der Waals surface area contributed by atoms with Gasteiger partial charge in [0, 0.05) is 21.9 Å². The second-order valence-corrected chi connectivity index (χ2v) is 7.47. The van der Waals surface area contributed by atoms with Crippen molar-refractivity contribution in [3.8, 4) is 22.8 Å². The summed E-state index contributed by atoms with van der Waals surface area (Å²) in [6.07, 6.45) is 0. The van der Waals surface area contributed by atoms with Gasteiger partial charge in [0.15, 0.2) is 17.3 Å². The molecule has 5 rings (SSSR count). The topological polar surface area (TPSA) is 48.7 Å². The van der Waals surface area contributed by atoms with Gasteiger partial charge in [-0.15, -0.1) is 0 Å². The highest BCUT2D eigenvalue weighted by molar-refractivity contribution is 7.85. The van der Waals surface area contributed by atoms with Gasteiger partial charge in [-0.1, -0.05) is 18.2 Å². The normalized spacial score (nSPS) is 13.8. The first kappa shape index (κ1) is 16.1. The number of rotatable bonds is 3. The maximum atomic E-state index is 13.4. The molecule has 4 nitrogen and oxygen atoms in total. The van der Waals surface area contributed by atoms with E-state index in [-0.39, 0.29) is 12.6 Å². The summed E-state index contributed by atoms with van der Waals surface area (Å²) in [6.45, 7) is 0.143. The zero-order valence-corrected chi connectivity index (χ0v) is 14.8. The molecular formula is C21H13FO4S. The molecule has 0 bridgehead atoms. The van der Waals surface area contributed by atoms with Gasteiger partial charge >= 0.3 is 0 Å². The molecule has 1 atom stereocenters. The first-order valence-corrected chi connectivity index (χ1v) is 9.44. The lowest BCUT2D eigenvalue weighted by Crippen LogP contribution is -1.94. The van der Waals surface area contributed by atoms with E-state index in [0.717, 1.165) is 0 Å². The predicted octanol–water partition coefficient (Wildman–Crippen LogP) is 5.13. The molecule has 0 saturated carbocycles. The third-order valence-electron chi connectivity index (χ3n) is 4.39. The lowest BCUT2D eigenvalue weighted by Gasteiger charge is -2.04. The van der Waals surface area contributed by atoms with Crippen LogP contribution in [-0.4, -0.2) is 11.0 Å². The Morgan fingerprint density at radius 2 is 1.59 bits per heavy atom. The van der Waals surface area contributed by atoms with Crippen molar-refractivity contribution in [1.82, 2.24) is 0 Å². The number of fused-ring (bicyclic) bond motifs is 2. The third kappa shape index (κ3) is 2.69. The fourth-order valence-electron chi connectivity index (χ4n) is 3.10. The van der Waals surface area contributed by atoms with Crippen LogP contribution in [0.25, 0.3) is 22.3 Å². The van der Waals surface area contributed by atoms with Crippen LogP contribution < -0.4 is 9.47 Å². The number of hydrogen-bond acceptors (Lipinski definition) is 4. The van der Waals surface area contributed by atoms with Crippen LogP contribution in [0.3, 0.4) is 0 Å². The summed E-state index contributed by atoms with van der Waals surface area (Å²) in [5.74, 6) is 1.26. The van der Waals surface area contributed by atoms with E-state index in [1.54, 1.807) is 36.4 Å². The summed E-state index contributed by atoms with van der Waals surface area (Å²) in [6, 6.07) is 18.6. The van der Waals surface area contributed by atoms with Gasteiger partial charge in [0.25, 0.3) is 0 Å². The number of benzene rings is 3. The fourth-order valence-corrected chi connectivity index (χ4v) is 4.43. The second kappa shape index (κ2) is 6.25. The van der Waals surface area contributed by atoms with Gasteiger partial charge in [-0.05, 0) is 42.5 Å². The van der Waals surface area contributed by atoms with E-state index in [0.29, 0.717) is 43.6 Å². The van der Waals surface area contributed by atoms with Crippen molar-refractivity contribution in [3.63, 3.8) is 0 Å². The summed E-state index contributed by atoms with van der Waals surface area (Å²) in [7, 11) is -1.49. The zero-order chi connectivity index (χ0) is 18.4. The molecule has 6 heteroatoms. The van der Waals surface area contributed by atoms with Crippen LogP contribution >= 0.6 is 0 Å². The Hall–Kier alpha value is -3.12. The molecule has 1 aliphatic heterocycles. The number of furan rings is 1. The Morgan fingerprint density at radius 3 is 2.33 bits per heavy atom. The van der Waals surface area contributed by atoms with Crippen LogP contribution in [-0.2, 0) is 10.8 Å². The minimum absolute atomic E-state index is 0.143. The van der Waals surface area contributed by atoms with Gasteiger partial charge in [0.2, 0.25) is 6.79 Å². The lowest BCUT2D eigenvalue weighted by molar-refractivity contribution is 0.174. The molecule has 3 aromatic carbocycles. The molecule has 0 unspecified atom stereocenters. The lowest BCUT2D eigenvalue weighted by atomic mass is 10.1. The van der Waals surface area contributed by atoms with Crippen molar-refractivity contribution in [3.05, 3.63) is 72.5 Å². The van der Waals surface area contributed by atoms with Gasteiger partial charge < -0.3 is 13.9 Å². The fraction of sp³-hybridized carbons (Fsp3) is 0.0476. The van der Waals surface area contributed by atoms with Crippen LogP contribution in [0.5, 0.6) is 11.5 Å². The monoisotopic (exact) mass is 380 g/mol. The highest BCUT2D eigenvalue weighted by Crippen LogP contribution is 2.43. The third-order valence-corrected chi connectivity index (χ3v) is 5.86. The maximum absolute atomic E-state index is 13.4. The van der Waals surface area contributed by atoms with E-state index < -0.39 is 10.8 Å². The van der Waals surface area contributed by atoms with Crippen molar-refractivity contribution >= 4 is 21.8 Å². The Bertz CT molecular complexity index is 1170. The van der Waals surface area contributed by atoms with Crippen molar-refractivity contribution in [2.75, 3.05) is 6.79 Å². The van der Waals surface area contributed by atoms with E-state index in [1.807, 2.05) is 18.2 Å². The van der Waals surface area contributed by atoms with Crippen molar-refractivity contribution in [1.29, 1.82) is 0 Å². The van der Waals surface area contributed by atoms with Crippen LogP contribution in [0.15, 0.2) is 80.9 Å². The van der Waals surface area contributed by atoms with E-state index in [4.69, 9.17) is 13.9 Å². The predicted molar refractivity (Wildman–Crippen MR) is 98.8 cm³/mol. The van der Waals surface area contributed by atoms with Gasteiger partial charge in [0.05, 0.1) is 15.7 Å². The average molecular weight is 380 g/mol. The van der Waals surface area contributed by atoms with Crippen LogP contribution in [0, 0.1) is 5.82 Å². The van der Waals surface area contributed by atoms with Crippen LogP contribution in [0.2, 0.25) is 0 Å². The Balaban J connectivity index is 1.78. The molecule has 0 radical (unpaired) electrons. The zero-order valence-electron chi connectivity index (χ0n) is 14.0. The summed E-state index contributed by atoms with van der Waals surface area (Å²) in [4.78, 5) is 1.18. The summed E-state index contributed by atoms with van der Waals surface area (Å²) < 4.78 is 43.7. The van der Waals surface area contributed by atoms with Gasteiger partial charge in [-0.2, -0.15) is 0 Å². The number of halogens is 1. The van der Waals surface area contributed by atoms with Crippen LogP contribution in [0.4, 0.5) is 4.39 Å². The first-order chi connectivity index (χ1) is 13.2. The van der Waals surface area contributed by atoms with Gasteiger partial charge in [-0.25, -0.2) is 8.60 Å². The summed E-state index contributed by atoms with van der Waals surface area (Å²) >= 11 is 0.